The van der Waals surface area contributed by atoms with Gasteiger partial charge in [-0.05, 0) is 49.2 Å². The number of nitrogens with zero attached hydrogens (tertiary/aromatic N) is 2. The zero-order chi connectivity index (χ0) is 21.7. The van der Waals surface area contributed by atoms with Gasteiger partial charge in [0.15, 0.2) is 0 Å². The van der Waals surface area contributed by atoms with Crippen molar-refractivity contribution in [1.29, 1.82) is 0 Å². The van der Waals surface area contributed by atoms with Crippen LogP contribution in [0.4, 0.5) is 5.69 Å². The van der Waals surface area contributed by atoms with Crippen LogP contribution in [0.5, 0.6) is 0 Å². The molecule has 0 saturated carbocycles. The van der Waals surface area contributed by atoms with E-state index in [1.807, 2.05) is 0 Å². The van der Waals surface area contributed by atoms with E-state index in [4.69, 9.17) is 0 Å². The van der Waals surface area contributed by atoms with Crippen molar-refractivity contribution in [3.63, 3.8) is 0 Å². The summed E-state index contributed by atoms with van der Waals surface area (Å²) in [5, 5.41) is 10.6. The second kappa shape index (κ2) is 9.01. The number of piperidine rings is 1. The predicted octanol–water partition coefficient (Wildman–Crippen LogP) is 1.84. The molecule has 2 amide bonds. The van der Waals surface area contributed by atoms with Gasteiger partial charge in [0.25, 0.3) is 17.5 Å². The van der Waals surface area contributed by atoms with Crippen LogP contribution in [-0.4, -0.2) is 42.6 Å². The summed E-state index contributed by atoms with van der Waals surface area (Å²) in [6, 6.07) is 10.3. The lowest BCUT2D eigenvalue weighted by molar-refractivity contribution is -0.384. The molecule has 2 aromatic rings. The maximum Gasteiger partial charge on any atom is 0.269 e. The molecule has 0 unspecified atom stereocenters. The first-order valence-corrected chi connectivity index (χ1v) is 10.7. The number of benzene rings is 2. The van der Waals surface area contributed by atoms with Gasteiger partial charge in [0.1, 0.15) is 0 Å². The van der Waals surface area contributed by atoms with Gasteiger partial charge < -0.3 is 0 Å². The lowest BCUT2D eigenvalue weighted by Crippen LogP contribution is -2.41. The molecule has 2 N–H and O–H groups in total. The first-order valence-electron chi connectivity index (χ1n) is 9.24. The summed E-state index contributed by atoms with van der Waals surface area (Å²) >= 11 is 0. The Morgan fingerprint density at radius 3 is 1.77 bits per heavy atom. The number of hydrogen-bond donors (Lipinski definition) is 2. The highest BCUT2D eigenvalue weighted by molar-refractivity contribution is 7.89. The van der Waals surface area contributed by atoms with E-state index in [1.165, 1.54) is 52.8 Å². The Hall–Kier alpha value is -3.31. The van der Waals surface area contributed by atoms with Crippen LogP contribution in [0.2, 0.25) is 0 Å². The molecule has 158 valence electrons. The number of non-ortho nitro benzene ring substituents is 1. The number of nitro benzene ring substituents is 1. The molecule has 2 aromatic carbocycles. The Bertz CT molecular complexity index is 1050. The van der Waals surface area contributed by atoms with Crippen molar-refractivity contribution in [3.8, 4) is 0 Å². The Labute approximate surface area is 173 Å². The van der Waals surface area contributed by atoms with Crippen LogP contribution in [0.25, 0.3) is 0 Å². The van der Waals surface area contributed by atoms with Crippen molar-refractivity contribution >= 4 is 27.5 Å². The molecule has 1 saturated heterocycles. The molecule has 0 aromatic heterocycles. The van der Waals surface area contributed by atoms with Crippen molar-refractivity contribution in [1.82, 2.24) is 15.2 Å². The number of nitrogens with one attached hydrogen (secondary N) is 2. The standard InChI is InChI=1S/C19H20N4O6S/c24-18(14-4-8-16(9-5-14)23(26)27)20-21-19(25)15-6-10-17(11-7-15)30(28,29)22-12-2-1-3-13-22/h4-11H,1-3,12-13H2,(H,20,24)(H,21,25). The maximum atomic E-state index is 12.6. The van der Waals surface area contributed by atoms with Crippen LogP contribution in [-0.2, 0) is 10.0 Å². The van der Waals surface area contributed by atoms with Crippen LogP contribution in [0, 0.1) is 10.1 Å². The third-order valence-corrected chi connectivity index (χ3v) is 6.61. The molecule has 0 aliphatic carbocycles. The molecule has 1 heterocycles. The van der Waals surface area contributed by atoms with E-state index in [-0.39, 0.29) is 21.7 Å². The number of rotatable bonds is 5. The van der Waals surface area contributed by atoms with Crippen molar-refractivity contribution in [2.24, 2.45) is 0 Å². The molecule has 10 nitrogen and oxygen atoms in total. The zero-order valence-corrected chi connectivity index (χ0v) is 16.7. The predicted molar refractivity (Wildman–Crippen MR) is 107 cm³/mol. The normalized spacial score (nSPS) is 14.7. The average Bonchev–Trinajstić information content (AvgIpc) is 2.78. The van der Waals surface area contributed by atoms with Gasteiger partial charge >= 0.3 is 0 Å². The van der Waals surface area contributed by atoms with Gasteiger partial charge in [0.05, 0.1) is 9.82 Å². The number of hydrazine groups is 1. The Balaban J connectivity index is 1.60. The van der Waals surface area contributed by atoms with Crippen LogP contribution >= 0.6 is 0 Å². The third kappa shape index (κ3) is 4.81. The summed E-state index contributed by atoms with van der Waals surface area (Å²) in [4.78, 5) is 34.4. The number of carbonyl (C=O) groups is 2. The van der Waals surface area contributed by atoms with Crippen LogP contribution in [0.1, 0.15) is 40.0 Å². The van der Waals surface area contributed by atoms with E-state index >= 15 is 0 Å². The topological polar surface area (TPSA) is 139 Å². The van der Waals surface area contributed by atoms with E-state index in [2.05, 4.69) is 10.9 Å². The monoisotopic (exact) mass is 432 g/mol. The second-order valence-corrected chi connectivity index (χ2v) is 8.64. The van der Waals surface area contributed by atoms with E-state index in [0.717, 1.165) is 19.3 Å². The van der Waals surface area contributed by atoms with Gasteiger partial charge in [-0.25, -0.2) is 8.42 Å². The highest BCUT2D eigenvalue weighted by atomic mass is 32.2. The maximum absolute atomic E-state index is 12.6. The molecule has 0 bridgehead atoms. The summed E-state index contributed by atoms with van der Waals surface area (Å²) < 4.78 is 26.7. The molecule has 0 radical (unpaired) electrons. The van der Waals surface area contributed by atoms with E-state index in [9.17, 15) is 28.1 Å². The molecule has 3 rings (SSSR count). The largest absolute Gasteiger partial charge is 0.269 e. The molecular formula is C19H20N4O6S. The van der Waals surface area contributed by atoms with Gasteiger partial charge in [-0.2, -0.15) is 4.31 Å². The minimum Gasteiger partial charge on any atom is -0.267 e. The number of carbonyl (C=O) groups excluding carboxylic acids is 2. The van der Waals surface area contributed by atoms with E-state index in [1.54, 1.807) is 0 Å². The SMILES string of the molecule is O=C(NNC(=O)c1ccc(S(=O)(=O)N2CCCCC2)cc1)c1ccc([N+](=O)[O-])cc1. The first kappa shape index (κ1) is 21.4. The minimum atomic E-state index is -3.59. The Morgan fingerprint density at radius 2 is 1.30 bits per heavy atom. The van der Waals surface area contributed by atoms with Gasteiger partial charge in [-0.1, -0.05) is 6.42 Å². The fourth-order valence-electron chi connectivity index (χ4n) is 3.02. The van der Waals surface area contributed by atoms with Gasteiger partial charge in [0.2, 0.25) is 10.0 Å². The third-order valence-electron chi connectivity index (χ3n) is 4.70. The van der Waals surface area contributed by atoms with Gasteiger partial charge in [-0.3, -0.25) is 30.6 Å². The molecule has 0 atom stereocenters. The zero-order valence-electron chi connectivity index (χ0n) is 15.9. The molecule has 11 heteroatoms. The summed E-state index contributed by atoms with van der Waals surface area (Å²) in [6.07, 6.45) is 2.67. The number of amides is 2. The van der Waals surface area contributed by atoms with Crippen molar-refractivity contribution in [2.75, 3.05) is 13.1 Å². The minimum absolute atomic E-state index is 0.107. The smallest absolute Gasteiger partial charge is 0.267 e. The van der Waals surface area contributed by atoms with Gasteiger partial charge in [0, 0.05) is 36.3 Å². The summed E-state index contributed by atoms with van der Waals surface area (Å²) in [7, 11) is -3.59. The summed E-state index contributed by atoms with van der Waals surface area (Å²) in [5.41, 5.74) is 4.57. The molecule has 30 heavy (non-hydrogen) atoms. The Morgan fingerprint density at radius 1 is 0.833 bits per heavy atom. The van der Waals surface area contributed by atoms with Gasteiger partial charge in [-0.15, -0.1) is 0 Å². The second-order valence-electron chi connectivity index (χ2n) is 6.70. The average molecular weight is 432 g/mol. The lowest BCUT2D eigenvalue weighted by atomic mass is 10.2. The molecule has 1 aliphatic rings. The number of sulfonamides is 1. The quantitative estimate of drug-likeness (QED) is 0.546. The number of hydrogen-bond acceptors (Lipinski definition) is 6. The highest BCUT2D eigenvalue weighted by Gasteiger charge is 2.26. The van der Waals surface area contributed by atoms with Crippen molar-refractivity contribution in [2.45, 2.75) is 24.2 Å². The van der Waals surface area contributed by atoms with Crippen molar-refractivity contribution < 1.29 is 22.9 Å². The van der Waals surface area contributed by atoms with Crippen LogP contribution in [0.3, 0.4) is 0 Å². The molecule has 0 spiro atoms. The Kier molecular flexibility index (Phi) is 6.43. The van der Waals surface area contributed by atoms with E-state index < -0.39 is 26.8 Å². The molecule has 1 fully saturated rings. The first-order chi connectivity index (χ1) is 14.3. The summed E-state index contributed by atoms with van der Waals surface area (Å²) in [5.74, 6) is -1.28. The summed E-state index contributed by atoms with van der Waals surface area (Å²) in [6.45, 7) is 0.971. The van der Waals surface area contributed by atoms with Crippen molar-refractivity contribution in [3.05, 3.63) is 69.8 Å². The molecule has 1 aliphatic heterocycles. The van der Waals surface area contributed by atoms with Crippen LogP contribution in [0.15, 0.2) is 53.4 Å². The lowest BCUT2D eigenvalue weighted by Gasteiger charge is -2.25. The van der Waals surface area contributed by atoms with Crippen LogP contribution < -0.4 is 10.9 Å². The fraction of sp³-hybridized carbons (Fsp3) is 0.263. The number of nitro groups is 1. The highest BCUT2D eigenvalue weighted by Crippen LogP contribution is 2.20. The van der Waals surface area contributed by atoms with E-state index in [0.29, 0.717) is 13.1 Å². The fourth-order valence-corrected chi connectivity index (χ4v) is 4.54. The molecular weight excluding hydrogens is 412 g/mol.